The third-order valence-electron chi connectivity index (χ3n) is 3.58. The Morgan fingerprint density at radius 2 is 2.11 bits per heavy atom. The van der Waals surface area contributed by atoms with Gasteiger partial charge < -0.3 is 13.8 Å². The molecule has 0 unspecified atom stereocenters. The maximum atomic E-state index is 11.7. The summed E-state index contributed by atoms with van der Waals surface area (Å²) in [7, 11) is -1.14. The first kappa shape index (κ1) is 16.4. The van der Waals surface area contributed by atoms with Gasteiger partial charge >= 0.3 is 6.09 Å². The zero-order chi connectivity index (χ0) is 14.7. The quantitative estimate of drug-likeness (QED) is 0.746. The summed E-state index contributed by atoms with van der Waals surface area (Å²) < 4.78 is 11.4. The van der Waals surface area contributed by atoms with Gasteiger partial charge in [-0.25, -0.2) is 4.79 Å². The van der Waals surface area contributed by atoms with E-state index >= 15 is 0 Å². The lowest BCUT2D eigenvalue weighted by Crippen LogP contribution is -2.33. The molecule has 0 spiro atoms. The number of carbonyl (C=O) groups is 1. The molecule has 1 aliphatic rings. The minimum absolute atomic E-state index is 0.125. The first-order valence-electron chi connectivity index (χ1n) is 6.61. The molecule has 112 valence electrons. The van der Waals surface area contributed by atoms with Crippen LogP contribution >= 0.6 is 10.3 Å². The molecule has 1 heterocycles. The Labute approximate surface area is 118 Å². The number of carbonyl (C=O) groups excluding carboxylic acids is 1. The Balaban J connectivity index is 2.49. The summed E-state index contributed by atoms with van der Waals surface area (Å²) in [4.78, 5) is 13.4. The number of hydrogen-bond acceptors (Lipinski definition) is 3. The second-order valence-corrected chi connectivity index (χ2v) is 10.0. The van der Waals surface area contributed by atoms with E-state index in [0.29, 0.717) is 13.1 Å². The van der Waals surface area contributed by atoms with E-state index in [1.54, 1.807) is 11.0 Å². The molecule has 1 atom stereocenters. The standard InChI is InChI=1S/C14H27NO3S/c1-7-10-17-13(16)15-9-8-12(11-15)18-19(5,6)14(2,3)4/h7,12H,1,8-11H2,2-6H3/t12-/m1/s1. The molecule has 0 aromatic rings. The van der Waals surface area contributed by atoms with Gasteiger partial charge in [-0.2, -0.15) is 0 Å². The van der Waals surface area contributed by atoms with Crippen LogP contribution < -0.4 is 0 Å². The van der Waals surface area contributed by atoms with Gasteiger partial charge in [-0.3, -0.25) is 0 Å². The van der Waals surface area contributed by atoms with E-state index in [-0.39, 0.29) is 23.6 Å². The molecule has 19 heavy (non-hydrogen) atoms. The zero-order valence-electron chi connectivity index (χ0n) is 12.8. The second kappa shape index (κ2) is 6.18. The molecule has 0 bridgehead atoms. The van der Waals surface area contributed by atoms with Crippen LogP contribution in [0.2, 0.25) is 0 Å². The highest BCUT2D eigenvalue weighted by molar-refractivity contribution is 8.29. The van der Waals surface area contributed by atoms with Gasteiger partial charge in [0.15, 0.2) is 0 Å². The fourth-order valence-electron chi connectivity index (χ4n) is 1.68. The Bertz CT molecular complexity index is 336. The van der Waals surface area contributed by atoms with Gasteiger partial charge in [-0.05, 0) is 18.9 Å². The summed E-state index contributed by atoms with van der Waals surface area (Å²) >= 11 is 0. The number of ether oxygens (including phenoxy) is 1. The predicted octanol–water partition coefficient (Wildman–Crippen LogP) is 3.18. The highest BCUT2D eigenvalue weighted by Crippen LogP contribution is 2.55. The van der Waals surface area contributed by atoms with Gasteiger partial charge in [-0.15, -0.1) is 10.3 Å². The fourth-order valence-corrected chi connectivity index (χ4v) is 2.80. The Morgan fingerprint density at radius 3 is 2.63 bits per heavy atom. The van der Waals surface area contributed by atoms with Crippen LogP contribution in [0.1, 0.15) is 27.2 Å². The smallest absolute Gasteiger partial charge is 0.410 e. The monoisotopic (exact) mass is 289 g/mol. The minimum Gasteiger partial charge on any atom is -0.445 e. The summed E-state index contributed by atoms with van der Waals surface area (Å²) in [6, 6.07) is 0. The van der Waals surface area contributed by atoms with Crippen molar-refractivity contribution < 1.29 is 13.7 Å². The molecule has 0 aromatic heterocycles. The average molecular weight is 289 g/mol. The number of amides is 1. The lowest BCUT2D eigenvalue weighted by atomic mass is 10.3. The number of likely N-dealkylation sites (tertiary alicyclic amines) is 1. The van der Waals surface area contributed by atoms with Crippen molar-refractivity contribution in [2.75, 3.05) is 32.2 Å². The van der Waals surface area contributed by atoms with Crippen LogP contribution in [0.4, 0.5) is 4.79 Å². The first-order chi connectivity index (χ1) is 8.67. The van der Waals surface area contributed by atoms with Crippen molar-refractivity contribution in [3.8, 4) is 0 Å². The molecular formula is C14H27NO3S. The van der Waals surface area contributed by atoms with Crippen molar-refractivity contribution in [3.63, 3.8) is 0 Å². The molecule has 1 saturated heterocycles. The summed E-state index contributed by atoms with van der Waals surface area (Å²) in [5.41, 5.74) is 0. The van der Waals surface area contributed by atoms with E-state index in [9.17, 15) is 4.79 Å². The van der Waals surface area contributed by atoms with E-state index < -0.39 is 10.3 Å². The molecule has 4 nitrogen and oxygen atoms in total. The molecule has 0 aromatic carbocycles. The molecule has 0 aliphatic carbocycles. The summed E-state index contributed by atoms with van der Waals surface area (Å²) in [6.45, 7) is 11.7. The predicted molar refractivity (Wildman–Crippen MR) is 81.8 cm³/mol. The van der Waals surface area contributed by atoms with Crippen molar-refractivity contribution in [2.45, 2.75) is 38.0 Å². The van der Waals surface area contributed by atoms with Crippen molar-refractivity contribution in [1.29, 1.82) is 0 Å². The van der Waals surface area contributed by atoms with Crippen molar-refractivity contribution in [2.24, 2.45) is 0 Å². The Hall–Kier alpha value is -0.680. The lowest BCUT2D eigenvalue weighted by Gasteiger charge is -2.45. The fraction of sp³-hybridized carbons (Fsp3) is 0.786. The first-order valence-corrected chi connectivity index (χ1v) is 8.98. The lowest BCUT2D eigenvalue weighted by molar-refractivity contribution is 0.116. The van der Waals surface area contributed by atoms with Gasteiger partial charge in [0.1, 0.15) is 6.61 Å². The summed E-state index contributed by atoms with van der Waals surface area (Å²) in [5.74, 6) is 0. The molecule has 5 heteroatoms. The van der Waals surface area contributed by atoms with Crippen molar-refractivity contribution in [1.82, 2.24) is 4.90 Å². The summed E-state index contributed by atoms with van der Waals surface area (Å²) in [6.07, 6.45) is 6.69. The van der Waals surface area contributed by atoms with Crippen LogP contribution in [0.5, 0.6) is 0 Å². The summed E-state index contributed by atoms with van der Waals surface area (Å²) in [5, 5.41) is 0. The molecule has 0 radical (unpaired) electrons. The maximum absolute atomic E-state index is 11.7. The molecule has 0 saturated carbocycles. The highest BCUT2D eigenvalue weighted by atomic mass is 32.3. The van der Waals surface area contributed by atoms with Gasteiger partial charge in [0.2, 0.25) is 0 Å². The number of rotatable bonds is 4. The van der Waals surface area contributed by atoms with E-state index in [2.05, 4.69) is 39.9 Å². The average Bonchev–Trinajstić information content (AvgIpc) is 2.72. The zero-order valence-corrected chi connectivity index (χ0v) is 13.6. The molecular weight excluding hydrogens is 262 g/mol. The minimum atomic E-state index is -1.14. The third-order valence-corrected chi connectivity index (χ3v) is 7.28. The van der Waals surface area contributed by atoms with Crippen LogP contribution in [-0.4, -0.2) is 54.1 Å². The van der Waals surface area contributed by atoms with E-state index in [4.69, 9.17) is 8.92 Å². The maximum Gasteiger partial charge on any atom is 0.410 e. The van der Waals surface area contributed by atoms with Gasteiger partial charge in [-0.1, -0.05) is 33.4 Å². The van der Waals surface area contributed by atoms with Gasteiger partial charge in [0, 0.05) is 11.3 Å². The largest absolute Gasteiger partial charge is 0.445 e. The molecule has 1 aliphatic heterocycles. The second-order valence-electron chi connectivity index (χ2n) is 6.16. The van der Waals surface area contributed by atoms with Crippen molar-refractivity contribution >= 4 is 16.4 Å². The molecule has 0 N–H and O–H groups in total. The number of nitrogens with zero attached hydrogens (tertiary/aromatic N) is 1. The normalized spacial score (nSPS) is 21.3. The van der Waals surface area contributed by atoms with Crippen LogP contribution in [-0.2, 0) is 8.92 Å². The van der Waals surface area contributed by atoms with Crippen LogP contribution in [0, 0.1) is 0 Å². The van der Waals surface area contributed by atoms with Crippen LogP contribution in [0.15, 0.2) is 12.7 Å². The van der Waals surface area contributed by atoms with E-state index in [1.165, 1.54) is 0 Å². The SMILES string of the molecule is C=CCOC(=O)N1CC[C@@H](OS(C)(C)C(C)(C)C)C1. The van der Waals surface area contributed by atoms with Crippen molar-refractivity contribution in [3.05, 3.63) is 12.7 Å². The molecule has 1 fully saturated rings. The number of hydrogen-bond donors (Lipinski definition) is 0. The van der Waals surface area contributed by atoms with E-state index in [1.807, 2.05) is 0 Å². The Kier molecular flexibility index (Phi) is 5.33. The van der Waals surface area contributed by atoms with Crippen LogP contribution in [0.3, 0.4) is 0 Å². The third kappa shape index (κ3) is 4.42. The van der Waals surface area contributed by atoms with Gasteiger partial charge in [0.05, 0.1) is 12.6 Å². The Morgan fingerprint density at radius 1 is 1.47 bits per heavy atom. The van der Waals surface area contributed by atoms with Crippen LogP contribution in [0.25, 0.3) is 0 Å². The highest BCUT2D eigenvalue weighted by Gasteiger charge is 2.35. The molecule has 1 amide bonds. The topological polar surface area (TPSA) is 38.8 Å². The molecule has 1 rings (SSSR count). The van der Waals surface area contributed by atoms with E-state index in [0.717, 1.165) is 6.42 Å². The van der Waals surface area contributed by atoms with Gasteiger partial charge in [0.25, 0.3) is 0 Å².